The van der Waals surface area contributed by atoms with Crippen LogP contribution < -0.4 is 10.5 Å². The number of aromatic amines is 1. The van der Waals surface area contributed by atoms with Gasteiger partial charge >= 0.3 is 0 Å². The lowest BCUT2D eigenvalue weighted by Gasteiger charge is -2.09. The Balaban J connectivity index is 2.70. The average Bonchev–Trinajstić information content (AvgIpc) is 2.76. The minimum atomic E-state index is -0.739. The van der Waals surface area contributed by atoms with Gasteiger partial charge in [-0.05, 0) is 22.0 Å². The molecule has 0 fully saturated rings. The highest BCUT2D eigenvalue weighted by molar-refractivity contribution is 9.10. The first-order chi connectivity index (χ1) is 8.54. The van der Waals surface area contributed by atoms with Gasteiger partial charge in [-0.2, -0.15) is 15.4 Å². The van der Waals surface area contributed by atoms with Gasteiger partial charge in [0, 0.05) is 10.5 Å². The van der Waals surface area contributed by atoms with Gasteiger partial charge in [-0.3, -0.25) is 4.79 Å². The largest absolute Gasteiger partial charge is 0.496 e. The van der Waals surface area contributed by atoms with Crippen LogP contribution in [0.25, 0.3) is 11.3 Å². The maximum Gasteiger partial charge on any atom is 0.271 e. The van der Waals surface area contributed by atoms with Gasteiger partial charge in [0.15, 0.2) is 5.69 Å². The van der Waals surface area contributed by atoms with Gasteiger partial charge in [-0.25, -0.2) is 4.39 Å². The Labute approximate surface area is 109 Å². The van der Waals surface area contributed by atoms with E-state index in [1.165, 1.54) is 19.2 Å². The summed E-state index contributed by atoms with van der Waals surface area (Å²) < 4.78 is 18.7. The molecule has 0 spiro atoms. The third-order valence-corrected chi connectivity index (χ3v) is 2.88. The number of carbonyl (C=O) groups excluding carboxylic acids is 1. The Bertz CT molecular complexity index is 614. The summed E-state index contributed by atoms with van der Waals surface area (Å²) in [6, 6.07) is 2.41. The topological polar surface area (TPSA) is 93.9 Å². The van der Waals surface area contributed by atoms with Crippen LogP contribution in [0, 0.1) is 5.82 Å². The van der Waals surface area contributed by atoms with Crippen molar-refractivity contribution in [3.8, 4) is 17.0 Å². The zero-order valence-electron chi connectivity index (χ0n) is 9.20. The molecule has 0 radical (unpaired) electrons. The number of primary amides is 1. The normalized spacial score (nSPS) is 10.4. The number of nitrogens with one attached hydrogen (secondary N) is 1. The van der Waals surface area contributed by atoms with Crippen LogP contribution in [-0.2, 0) is 0 Å². The van der Waals surface area contributed by atoms with E-state index >= 15 is 0 Å². The van der Waals surface area contributed by atoms with Gasteiger partial charge in [0.25, 0.3) is 5.91 Å². The third kappa shape index (κ3) is 2.06. The molecule has 2 rings (SSSR count). The maximum absolute atomic E-state index is 13.3. The number of hydrogen-bond donors (Lipinski definition) is 2. The molecule has 0 unspecified atom stereocenters. The number of rotatable bonds is 3. The van der Waals surface area contributed by atoms with Crippen LogP contribution in [0.15, 0.2) is 16.6 Å². The van der Waals surface area contributed by atoms with Crippen molar-refractivity contribution in [3.63, 3.8) is 0 Å². The Morgan fingerprint density at radius 2 is 2.22 bits per heavy atom. The summed E-state index contributed by atoms with van der Waals surface area (Å²) in [6.07, 6.45) is 0. The Morgan fingerprint density at radius 3 is 2.83 bits per heavy atom. The Morgan fingerprint density at radius 1 is 1.50 bits per heavy atom. The summed E-state index contributed by atoms with van der Waals surface area (Å²) in [5.41, 5.74) is 5.74. The van der Waals surface area contributed by atoms with Crippen LogP contribution in [0.1, 0.15) is 10.5 Å². The van der Waals surface area contributed by atoms with E-state index in [2.05, 4.69) is 31.3 Å². The van der Waals surface area contributed by atoms with Crippen LogP contribution in [0.2, 0.25) is 0 Å². The summed E-state index contributed by atoms with van der Waals surface area (Å²) in [4.78, 5) is 11.2. The van der Waals surface area contributed by atoms with E-state index in [0.29, 0.717) is 10.0 Å². The molecule has 0 saturated heterocycles. The molecule has 0 aliphatic rings. The number of ether oxygens (including phenoxy) is 1. The van der Waals surface area contributed by atoms with Crippen LogP contribution in [0.5, 0.6) is 5.75 Å². The number of aromatic nitrogens is 3. The van der Waals surface area contributed by atoms with Crippen LogP contribution >= 0.6 is 15.9 Å². The molecule has 1 amide bonds. The van der Waals surface area contributed by atoms with Gasteiger partial charge in [0.2, 0.25) is 0 Å². The molecule has 18 heavy (non-hydrogen) atoms. The second-order valence-electron chi connectivity index (χ2n) is 3.35. The molecule has 1 heterocycles. The average molecular weight is 315 g/mol. The molecule has 0 atom stereocenters. The van der Waals surface area contributed by atoms with Crippen molar-refractivity contribution in [2.24, 2.45) is 5.73 Å². The van der Waals surface area contributed by atoms with E-state index in [-0.39, 0.29) is 17.1 Å². The monoisotopic (exact) mass is 314 g/mol. The second kappa shape index (κ2) is 4.73. The highest BCUT2D eigenvalue weighted by Crippen LogP contribution is 2.37. The van der Waals surface area contributed by atoms with Crippen LogP contribution in [-0.4, -0.2) is 28.4 Å². The van der Waals surface area contributed by atoms with E-state index in [4.69, 9.17) is 10.5 Å². The molecule has 2 aromatic rings. The number of carbonyl (C=O) groups is 1. The second-order valence-corrected chi connectivity index (χ2v) is 4.20. The number of halogens is 2. The van der Waals surface area contributed by atoms with E-state index in [0.717, 1.165) is 0 Å². The number of nitrogens with two attached hydrogens (primary N) is 1. The Hall–Kier alpha value is -1.96. The first-order valence-electron chi connectivity index (χ1n) is 4.78. The highest BCUT2D eigenvalue weighted by Gasteiger charge is 2.21. The molecular formula is C10H8BrFN4O2. The minimum absolute atomic E-state index is 0.0411. The first kappa shape index (κ1) is 12.5. The lowest BCUT2D eigenvalue weighted by molar-refractivity contribution is 0.0996. The van der Waals surface area contributed by atoms with Crippen molar-refractivity contribution < 1.29 is 13.9 Å². The fourth-order valence-corrected chi connectivity index (χ4v) is 2.12. The third-order valence-electron chi connectivity index (χ3n) is 2.26. The number of benzene rings is 1. The van der Waals surface area contributed by atoms with E-state index < -0.39 is 11.7 Å². The predicted molar refractivity (Wildman–Crippen MR) is 64.5 cm³/mol. The Kier molecular flexibility index (Phi) is 3.28. The number of methoxy groups -OCH3 is 1. The molecule has 1 aromatic carbocycles. The standard InChI is InChI=1S/C10H8BrFN4O2/c1-18-6-3-4(12)2-5(11)7(6)8-9(10(13)17)15-16-14-8/h2-3H,1H3,(H2,13,17)(H,14,15,16). The van der Waals surface area contributed by atoms with Gasteiger partial charge < -0.3 is 10.5 Å². The molecular weight excluding hydrogens is 307 g/mol. The molecule has 1 aromatic heterocycles. The highest BCUT2D eigenvalue weighted by atomic mass is 79.9. The van der Waals surface area contributed by atoms with Crippen molar-refractivity contribution in [1.29, 1.82) is 0 Å². The van der Waals surface area contributed by atoms with Crippen LogP contribution in [0.3, 0.4) is 0 Å². The quantitative estimate of drug-likeness (QED) is 0.897. The van der Waals surface area contributed by atoms with Crippen molar-refractivity contribution in [2.45, 2.75) is 0 Å². The SMILES string of the molecule is COc1cc(F)cc(Br)c1-c1n[nH]nc1C(N)=O. The molecule has 0 saturated carbocycles. The van der Waals surface area contributed by atoms with E-state index in [1.54, 1.807) is 0 Å². The molecule has 3 N–H and O–H groups in total. The summed E-state index contributed by atoms with van der Waals surface area (Å²) in [7, 11) is 1.38. The molecule has 0 bridgehead atoms. The van der Waals surface area contributed by atoms with Crippen molar-refractivity contribution in [2.75, 3.05) is 7.11 Å². The number of nitrogens with zero attached hydrogens (tertiary/aromatic N) is 2. The van der Waals surface area contributed by atoms with E-state index in [9.17, 15) is 9.18 Å². The van der Waals surface area contributed by atoms with Gasteiger partial charge in [-0.1, -0.05) is 0 Å². The van der Waals surface area contributed by atoms with Crippen molar-refractivity contribution >= 4 is 21.8 Å². The minimum Gasteiger partial charge on any atom is -0.496 e. The number of amides is 1. The fraction of sp³-hybridized carbons (Fsp3) is 0.100. The maximum atomic E-state index is 13.3. The summed E-state index contributed by atoms with van der Waals surface area (Å²) in [5, 5.41) is 9.79. The van der Waals surface area contributed by atoms with E-state index in [1.807, 2.05) is 0 Å². The molecule has 94 valence electrons. The lowest BCUT2D eigenvalue weighted by atomic mass is 10.1. The predicted octanol–water partition coefficient (Wildman–Crippen LogP) is 1.48. The zero-order chi connectivity index (χ0) is 13.3. The van der Waals surface area contributed by atoms with Gasteiger partial charge in [0.1, 0.15) is 17.3 Å². The molecule has 6 nitrogen and oxygen atoms in total. The van der Waals surface area contributed by atoms with Gasteiger partial charge in [0.05, 0.1) is 12.7 Å². The van der Waals surface area contributed by atoms with Crippen molar-refractivity contribution in [1.82, 2.24) is 15.4 Å². The van der Waals surface area contributed by atoms with Crippen molar-refractivity contribution in [3.05, 3.63) is 28.1 Å². The van der Waals surface area contributed by atoms with Gasteiger partial charge in [-0.15, -0.1) is 0 Å². The zero-order valence-corrected chi connectivity index (χ0v) is 10.8. The molecule has 8 heteroatoms. The number of hydrogen-bond acceptors (Lipinski definition) is 4. The molecule has 0 aliphatic heterocycles. The fourth-order valence-electron chi connectivity index (χ4n) is 1.52. The number of H-pyrrole nitrogens is 1. The summed E-state index contributed by atoms with van der Waals surface area (Å²) in [5.74, 6) is -0.998. The summed E-state index contributed by atoms with van der Waals surface area (Å²) >= 11 is 3.19. The van der Waals surface area contributed by atoms with Crippen LogP contribution in [0.4, 0.5) is 4.39 Å². The smallest absolute Gasteiger partial charge is 0.271 e. The first-order valence-corrected chi connectivity index (χ1v) is 5.58. The summed E-state index contributed by atoms with van der Waals surface area (Å²) in [6.45, 7) is 0. The lowest BCUT2D eigenvalue weighted by Crippen LogP contribution is -2.13. The molecule has 0 aliphatic carbocycles.